The zero-order valence-corrected chi connectivity index (χ0v) is 16.0. The van der Waals surface area contributed by atoms with E-state index in [1.807, 2.05) is 42.5 Å². The first-order valence-electron chi connectivity index (χ1n) is 9.54. The van der Waals surface area contributed by atoms with Crippen LogP contribution in [0.1, 0.15) is 21.5 Å². The van der Waals surface area contributed by atoms with Crippen LogP contribution in [0.5, 0.6) is 0 Å². The van der Waals surface area contributed by atoms with Crippen LogP contribution in [0.4, 0.5) is 4.39 Å². The summed E-state index contributed by atoms with van der Waals surface area (Å²) in [6.45, 7) is 0.356. The van der Waals surface area contributed by atoms with E-state index in [9.17, 15) is 14.0 Å². The number of carbonyl (C=O) groups is 2. The van der Waals surface area contributed by atoms with E-state index >= 15 is 0 Å². The van der Waals surface area contributed by atoms with Crippen LogP contribution in [0.25, 0.3) is 0 Å². The van der Waals surface area contributed by atoms with Gasteiger partial charge in [-0.1, -0.05) is 60.7 Å². The lowest BCUT2D eigenvalue weighted by Gasteiger charge is -2.19. The second-order valence-electron chi connectivity index (χ2n) is 6.75. The Morgan fingerprint density at radius 1 is 0.828 bits per heavy atom. The number of nitrogens with one attached hydrogen (secondary N) is 2. The summed E-state index contributed by atoms with van der Waals surface area (Å²) in [5.41, 5.74) is 2.25. The van der Waals surface area contributed by atoms with E-state index in [1.165, 1.54) is 12.1 Å². The van der Waals surface area contributed by atoms with Gasteiger partial charge in [0.15, 0.2) is 0 Å². The Morgan fingerprint density at radius 2 is 1.48 bits per heavy atom. The molecule has 0 saturated heterocycles. The summed E-state index contributed by atoms with van der Waals surface area (Å²) in [5.74, 6) is -0.868. The maximum atomic E-state index is 13.3. The smallest absolute Gasteiger partial charge is 0.251 e. The summed E-state index contributed by atoms with van der Waals surface area (Å²) in [7, 11) is 0. The average molecular weight is 390 g/mol. The molecule has 0 radical (unpaired) electrons. The van der Waals surface area contributed by atoms with Crippen molar-refractivity contribution in [3.63, 3.8) is 0 Å². The minimum atomic E-state index is -0.711. The summed E-state index contributed by atoms with van der Waals surface area (Å²) in [4.78, 5) is 25.3. The third-order valence-electron chi connectivity index (χ3n) is 4.54. The number of benzene rings is 3. The van der Waals surface area contributed by atoms with Crippen LogP contribution in [-0.2, 0) is 17.6 Å². The largest absolute Gasteiger partial charge is 0.354 e. The van der Waals surface area contributed by atoms with Gasteiger partial charge in [-0.15, -0.1) is 0 Å². The second-order valence-corrected chi connectivity index (χ2v) is 6.75. The van der Waals surface area contributed by atoms with Crippen molar-refractivity contribution in [2.75, 3.05) is 6.54 Å². The van der Waals surface area contributed by atoms with E-state index in [4.69, 9.17) is 0 Å². The Hall–Kier alpha value is -3.47. The Kier molecular flexibility index (Phi) is 7.11. The molecule has 1 atom stereocenters. The molecule has 0 aliphatic heterocycles. The number of amides is 2. The standard InChI is InChI=1S/C24H23FN2O2/c25-21-13-7-10-19(16-21)14-15-26-24(29)22(17-18-8-3-1-4-9-18)27-23(28)20-11-5-2-6-12-20/h1-13,16,22H,14-15,17H2,(H,26,29)(H,27,28)/t22-/m0/s1. The van der Waals surface area contributed by atoms with E-state index in [1.54, 1.807) is 30.3 Å². The van der Waals surface area contributed by atoms with Gasteiger partial charge < -0.3 is 10.6 Å². The van der Waals surface area contributed by atoms with Crippen LogP contribution in [-0.4, -0.2) is 24.4 Å². The molecule has 2 N–H and O–H groups in total. The maximum Gasteiger partial charge on any atom is 0.251 e. The van der Waals surface area contributed by atoms with Gasteiger partial charge in [0.1, 0.15) is 11.9 Å². The normalized spacial score (nSPS) is 11.5. The van der Waals surface area contributed by atoms with Crippen molar-refractivity contribution in [2.24, 2.45) is 0 Å². The summed E-state index contributed by atoms with van der Waals surface area (Å²) in [5, 5.41) is 5.68. The van der Waals surface area contributed by atoms with Crippen molar-refractivity contribution in [2.45, 2.75) is 18.9 Å². The fourth-order valence-corrected chi connectivity index (χ4v) is 3.04. The molecule has 29 heavy (non-hydrogen) atoms. The van der Waals surface area contributed by atoms with Crippen LogP contribution >= 0.6 is 0 Å². The van der Waals surface area contributed by atoms with E-state index in [0.29, 0.717) is 24.9 Å². The molecule has 148 valence electrons. The molecule has 3 rings (SSSR count). The topological polar surface area (TPSA) is 58.2 Å². The summed E-state index contributed by atoms with van der Waals surface area (Å²) >= 11 is 0. The molecule has 5 heteroatoms. The summed E-state index contributed by atoms with van der Waals surface area (Å²) in [6, 6.07) is 23.9. The van der Waals surface area contributed by atoms with Crippen LogP contribution in [0.15, 0.2) is 84.9 Å². The van der Waals surface area contributed by atoms with Gasteiger partial charge in [-0.05, 0) is 41.8 Å². The Morgan fingerprint density at radius 3 is 2.17 bits per heavy atom. The molecule has 3 aromatic rings. The van der Waals surface area contributed by atoms with Gasteiger partial charge in [0.25, 0.3) is 5.91 Å². The van der Waals surface area contributed by atoms with Gasteiger partial charge >= 0.3 is 0 Å². The third kappa shape index (κ3) is 6.28. The van der Waals surface area contributed by atoms with Crippen LogP contribution in [0, 0.1) is 5.82 Å². The zero-order chi connectivity index (χ0) is 20.5. The van der Waals surface area contributed by atoms with Gasteiger partial charge in [-0.3, -0.25) is 9.59 Å². The lowest BCUT2D eigenvalue weighted by atomic mass is 10.0. The summed E-state index contributed by atoms with van der Waals surface area (Å²) in [6.07, 6.45) is 0.888. The number of hydrogen-bond donors (Lipinski definition) is 2. The molecular formula is C24H23FN2O2. The van der Waals surface area contributed by atoms with Crippen molar-refractivity contribution in [3.8, 4) is 0 Å². The monoisotopic (exact) mass is 390 g/mol. The number of halogens is 1. The second kappa shape index (κ2) is 10.2. The Labute approximate surface area is 169 Å². The van der Waals surface area contributed by atoms with E-state index in [2.05, 4.69) is 10.6 Å². The molecular weight excluding hydrogens is 367 g/mol. The van der Waals surface area contributed by atoms with Crippen molar-refractivity contribution < 1.29 is 14.0 Å². The molecule has 3 aromatic carbocycles. The highest BCUT2D eigenvalue weighted by molar-refractivity contribution is 5.97. The fourth-order valence-electron chi connectivity index (χ4n) is 3.04. The van der Waals surface area contributed by atoms with Gasteiger partial charge in [0, 0.05) is 18.5 Å². The van der Waals surface area contributed by atoms with Gasteiger partial charge in [0.2, 0.25) is 5.91 Å². The van der Waals surface area contributed by atoms with Crippen molar-refractivity contribution >= 4 is 11.8 Å². The molecule has 2 amide bonds. The summed E-state index contributed by atoms with van der Waals surface area (Å²) < 4.78 is 13.3. The molecule has 0 spiro atoms. The van der Waals surface area contributed by atoms with Gasteiger partial charge in [-0.25, -0.2) is 4.39 Å². The molecule has 0 bridgehead atoms. The first-order chi connectivity index (χ1) is 14.1. The highest BCUT2D eigenvalue weighted by atomic mass is 19.1. The maximum absolute atomic E-state index is 13.3. The molecule has 4 nitrogen and oxygen atoms in total. The predicted octanol–water partition coefficient (Wildman–Crippen LogP) is 3.53. The Bertz CT molecular complexity index is 945. The van der Waals surface area contributed by atoms with Crippen LogP contribution in [0.3, 0.4) is 0 Å². The quantitative estimate of drug-likeness (QED) is 0.618. The lowest BCUT2D eigenvalue weighted by molar-refractivity contribution is -0.122. The van der Waals surface area contributed by atoms with Crippen molar-refractivity contribution in [1.82, 2.24) is 10.6 Å². The number of rotatable bonds is 8. The average Bonchev–Trinajstić information content (AvgIpc) is 2.74. The fraction of sp³-hybridized carbons (Fsp3) is 0.167. The van der Waals surface area contributed by atoms with Crippen molar-refractivity contribution in [3.05, 3.63) is 107 Å². The lowest BCUT2D eigenvalue weighted by Crippen LogP contribution is -2.48. The molecule has 0 unspecified atom stereocenters. The molecule has 0 heterocycles. The molecule has 0 aromatic heterocycles. The minimum absolute atomic E-state index is 0.269. The van der Waals surface area contributed by atoms with E-state index in [0.717, 1.165) is 11.1 Å². The molecule has 0 aliphatic rings. The highest BCUT2D eigenvalue weighted by Crippen LogP contribution is 2.07. The van der Waals surface area contributed by atoms with E-state index < -0.39 is 6.04 Å². The minimum Gasteiger partial charge on any atom is -0.354 e. The third-order valence-corrected chi connectivity index (χ3v) is 4.54. The molecule has 0 aliphatic carbocycles. The van der Waals surface area contributed by atoms with Crippen LogP contribution in [0.2, 0.25) is 0 Å². The van der Waals surface area contributed by atoms with E-state index in [-0.39, 0.29) is 17.6 Å². The number of carbonyl (C=O) groups excluding carboxylic acids is 2. The predicted molar refractivity (Wildman–Crippen MR) is 111 cm³/mol. The highest BCUT2D eigenvalue weighted by Gasteiger charge is 2.21. The van der Waals surface area contributed by atoms with Gasteiger partial charge in [0.05, 0.1) is 0 Å². The van der Waals surface area contributed by atoms with Crippen molar-refractivity contribution in [1.29, 1.82) is 0 Å². The zero-order valence-electron chi connectivity index (χ0n) is 16.0. The van der Waals surface area contributed by atoms with Gasteiger partial charge in [-0.2, -0.15) is 0 Å². The van der Waals surface area contributed by atoms with Crippen LogP contribution < -0.4 is 10.6 Å². The first kappa shape index (κ1) is 20.3. The first-order valence-corrected chi connectivity index (χ1v) is 9.54. The molecule has 0 saturated carbocycles. The molecule has 0 fully saturated rings. The number of hydrogen-bond acceptors (Lipinski definition) is 2. The Balaban J connectivity index is 1.64. The SMILES string of the molecule is O=C(N[C@@H](Cc1ccccc1)C(=O)NCCc1cccc(F)c1)c1ccccc1.